The molecule has 1 N–H and O–H groups in total. The molecule has 0 saturated carbocycles. The summed E-state index contributed by atoms with van der Waals surface area (Å²) in [6, 6.07) is 19.2. The lowest BCUT2D eigenvalue weighted by molar-refractivity contribution is -0.131. The third kappa shape index (κ3) is 5.37. The summed E-state index contributed by atoms with van der Waals surface area (Å²) in [7, 11) is 3.23. The van der Waals surface area contributed by atoms with E-state index in [1.165, 1.54) is 32.6 Å². The number of aryl methyl sites for hydroxylation is 1. The molecule has 2 heterocycles. The number of rotatable bonds is 7. The van der Waals surface area contributed by atoms with Crippen molar-refractivity contribution in [3.8, 4) is 10.4 Å². The number of hydrogen-bond acceptors (Lipinski definition) is 6. The highest BCUT2D eigenvalue weighted by Crippen LogP contribution is 2.31. The molecule has 2 aromatic heterocycles. The molecule has 0 radical (unpaired) electrons. The van der Waals surface area contributed by atoms with E-state index in [1.54, 1.807) is 14.1 Å². The number of carbonyl (C=O) groups is 2. The van der Waals surface area contributed by atoms with Crippen LogP contribution < -0.4 is 10.9 Å². The first-order valence-electron chi connectivity index (χ1n) is 10.6. The Morgan fingerprint density at radius 1 is 1.12 bits per heavy atom. The second kappa shape index (κ2) is 10.2. The average Bonchev–Trinajstić information content (AvgIpc) is 3.26. The van der Waals surface area contributed by atoms with E-state index in [0.717, 1.165) is 16.0 Å². The largest absolute Gasteiger partial charge is 0.336 e. The maximum atomic E-state index is 12.9. The van der Waals surface area contributed by atoms with Crippen LogP contribution in [0.25, 0.3) is 20.7 Å². The van der Waals surface area contributed by atoms with Gasteiger partial charge in [-0.25, -0.2) is 4.98 Å². The van der Waals surface area contributed by atoms with E-state index in [-0.39, 0.29) is 29.7 Å². The summed E-state index contributed by atoms with van der Waals surface area (Å²) in [6.07, 6.45) is 0. The van der Waals surface area contributed by atoms with Gasteiger partial charge in [0.25, 0.3) is 5.56 Å². The molecule has 4 rings (SSSR count). The molecule has 0 spiro atoms. The minimum absolute atomic E-state index is 0.0655. The van der Waals surface area contributed by atoms with Crippen molar-refractivity contribution in [2.24, 2.45) is 7.05 Å². The van der Waals surface area contributed by atoms with Crippen LogP contribution >= 0.6 is 23.1 Å². The molecule has 0 fully saturated rings. The highest BCUT2D eigenvalue weighted by Gasteiger charge is 2.17. The van der Waals surface area contributed by atoms with E-state index in [1.807, 2.05) is 67.6 Å². The summed E-state index contributed by atoms with van der Waals surface area (Å²) in [5, 5.41) is 3.81. The molecule has 174 valence electrons. The number of nitrogens with one attached hydrogen (secondary N) is 1. The van der Waals surface area contributed by atoms with E-state index < -0.39 is 0 Å². The zero-order valence-electron chi connectivity index (χ0n) is 19.1. The highest BCUT2D eigenvalue weighted by molar-refractivity contribution is 7.99. The maximum Gasteiger partial charge on any atom is 0.262 e. The van der Waals surface area contributed by atoms with Gasteiger partial charge in [0.2, 0.25) is 11.8 Å². The Hall–Kier alpha value is -3.43. The van der Waals surface area contributed by atoms with Crippen LogP contribution in [0.1, 0.15) is 5.56 Å². The van der Waals surface area contributed by atoms with Crippen molar-refractivity contribution in [1.82, 2.24) is 14.5 Å². The Kier molecular flexibility index (Phi) is 7.14. The van der Waals surface area contributed by atoms with Gasteiger partial charge >= 0.3 is 0 Å². The van der Waals surface area contributed by atoms with Crippen LogP contribution in [0.2, 0.25) is 0 Å². The summed E-state index contributed by atoms with van der Waals surface area (Å²) < 4.78 is 1.46. The standard InChI is InChI=1S/C25H24N4O3S2/c1-16-9-11-18(12-10-16)26-21(30)14-28(2)22(31)15-33-25-27-23-19(24(32)29(25)3)13-20(34-23)17-7-5-4-6-8-17/h4-13H,14-15H2,1-3H3,(H,26,30). The molecule has 0 unspecified atom stereocenters. The summed E-state index contributed by atoms with van der Waals surface area (Å²) in [5.74, 6) is -0.435. The molecular formula is C25H24N4O3S2. The van der Waals surface area contributed by atoms with Crippen molar-refractivity contribution >= 4 is 50.8 Å². The van der Waals surface area contributed by atoms with Gasteiger partial charge in [0.1, 0.15) is 4.83 Å². The van der Waals surface area contributed by atoms with Crippen molar-refractivity contribution < 1.29 is 9.59 Å². The molecule has 9 heteroatoms. The Bertz CT molecular complexity index is 1400. The average molecular weight is 493 g/mol. The molecule has 0 saturated heterocycles. The number of nitrogens with zero attached hydrogens (tertiary/aromatic N) is 3. The summed E-state index contributed by atoms with van der Waals surface area (Å²) in [6.45, 7) is 1.91. The normalized spacial score (nSPS) is 10.9. The number of carbonyl (C=O) groups excluding carboxylic acids is 2. The monoisotopic (exact) mass is 492 g/mol. The van der Waals surface area contributed by atoms with E-state index in [9.17, 15) is 14.4 Å². The third-order valence-corrected chi connectivity index (χ3v) is 7.35. The van der Waals surface area contributed by atoms with Gasteiger partial charge in [0.15, 0.2) is 5.16 Å². The van der Waals surface area contributed by atoms with E-state index in [4.69, 9.17) is 0 Å². The fourth-order valence-corrected chi connectivity index (χ4v) is 5.29. The Morgan fingerprint density at radius 2 is 1.82 bits per heavy atom. The number of likely N-dealkylation sites (N-methyl/N-ethyl adjacent to an activating group) is 1. The van der Waals surface area contributed by atoms with Crippen molar-refractivity contribution in [3.63, 3.8) is 0 Å². The number of thioether (sulfide) groups is 1. The fourth-order valence-electron chi connectivity index (χ4n) is 3.30. The lowest BCUT2D eigenvalue weighted by Gasteiger charge is -2.17. The molecule has 7 nitrogen and oxygen atoms in total. The summed E-state index contributed by atoms with van der Waals surface area (Å²) in [5.41, 5.74) is 2.66. The molecular weight excluding hydrogens is 468 g/mol. The van der Waals surface area contributed by atoms with E-state index in [0.29, 0.717) is 21.1 Å². The topological polar surface area (TPSA) is 84.3 Å². The first kappa shape index (κ1) is 23.7. The van der Waals surface area contributed by atoms with Gasteiger partial charge in [-0.05, 0) is 30.7 Å². The van der Waals surface area contributed by atoms with Crippen molar-refractivity contribution in [1.29, 1.82) is 0 Å². The van der Waals surface area contributed by atoms with Crippen LogP contribution in [0, 0.1) is 6.92 Å². The molecule has 0 atom stereocenters. The maximum absolute atomic E-state index is 12.9. The minimum Gasteiger partial charge on any atom is -0.336 e. The number of aromatic nitrogens is 2. The Balaban J connectivity index is 1.41. The second-order valence-corrected chi connectivity index (χ2v) is 9.88. The van der Waals surface area contributed by atoms with Gasteiger partial charge in [0.05, 0.1) is 17.7 Å². The smallest absolute Gasteiger partial charge is 0.262 e. The van der Waals surface area contributed by atoms with Gasteiger partial charge in [0, 0.05) is 24.7 Å². The van der Waals surface area contributed by atoms with Gasteiger partial charge in [-0.1, -0.05) is 59.8 Å². The van der Waals surface area contributed by atoms with Crippen LogP contribution in [0.3, 0.4) is 0 Å². The molecule has 0 bridgehead atoms. The van der Waals surface area contributed by atoms with Gasteiger partial charge in [-0.2, -0.15) is 0 Å². The Labute approximate surface area is 205 Å². The molecule has 0 aliphatic carbocycles. The molecule has 2 aromatic carbocycles. The molecule has 0 aliphatic rings. The number of hydrogen-bond donors (Lipinski definition) is 1. The Morgan fingerprint density at radius 3 is 2.53 bits per heavy atom. The van der Waals surface area contributed by atoms with Crippen molar-refractivity contribution in [3.05, 3.63) is 76.6 Å². The fraction of sp³-hybridized carbons (Fsp3) is 0.200. The predicted molar refractivity (Wildman–Crippen MR) is 138 cm³/mol. The third-order valence-electron chi connectivity index (χ3n) is 5.26. The minimum atomic E-state index is -0.274. The van der Waals surface area contributed by atoms with Crippen molar-refractivity contribution in [2.75, 3.05) is 24.7 Å². The van der Waals surface area contributed by atoms with E-state index in [2.05, 4.69) is 10.3 Å². The van der Waals surface area contributed by atoms with Crippen LogP contribution in [-0.2, 0) is 16.6 Å². The van der Waals surface area contributed by atoms with Crippen LogP contribution in [-0.4, -0.2) is 45.6 Å². The summed E-state index contributed by atoms with van der Waals surface area (Å²) >= 11 is 2.64. The van der Waals surface area contributed by atoms with Crippen LogP contribution in [0.15, 0.2) is 70.6 Å². The number of anilines is 1. The first-order chi connectivity index (χ1) is 16.3. The molecule has 4 aromatic rings. The lowest BCUT2D eigenvalue weighted by atomic mass is 10.2. The zero-order valence-corrected chi connectivity index (χ0v) is 20.7. The lowest BCUT2D eigenvalue weighted by Crippen LogP contribution is -2.36. The van der Waals surface area contributed by atoms with E-state index >= 15 is 0 Å². The number of fused-ring (bicyclic) bond motifs is 1. The van der Waals surface area contributed by atoms with Gasteiger partial charge < -0.3 is 10.2 Å². The number of amides is 2. The second-order valence-electron chi connectivity index (χ2n) is 7.91. The predicted octanol–water partition coefficient (Wildman–Crippen LogP) is 4.16. The quantitative estimate of drug-likeness (QED) is 0.309. The number of benzene rings is 2. The molecule has 34 heavy (non-hydrogen) atoms. The van der Waals surface area contributed by atoms with Crippen LogP contribution in [0.5, 0.6) is 0 Å². The van der Waals surface area contributed by atoms with Gasteiger partial charge in [-0.15, -0.1) is 11.3 Å². The summed E-state index contributed by atoms with van der Waals surface area (Å²) in [4.78, 5) is 45.4. The number of thiophene rings is 1. The molecule has 0 aliphatic heterocycles. The highest BCUT2D eigenvalue weighted by atomic mass is 32.2. The first-order valence-corrected chi connectivity index (χ1v) is 12.4. The molecule has 2 amide bonds. The van der Waals surface area contributed by atoms with Crippen molar-refractivity contribution in [2.45, 2.75) is 12.1 Å². The van der Waals surface area contributed by atoms with Crippen LogP contribution in [0.4, 0.5) is 5.69 Å². The SMILES string of the molecule is Cc1ccc(NC(=O)CN(C)C(=O)CSc2nc3sc(-c4ccccc4)cc3c(=O)n2C)cc1. The zero-order chi connectivity index (χ0) is 24.2. The van der Waals surface area contributed by atoms with Gasteiger partial charge in [-0.3, -0.25) is 19.0 Å².